The van der Waals surface area contributed by atoms with Gasteiger partial charge in [0.2, 0.25) is 0 Å². The first-order chi connectivity index (χ1) is 14.0. The van der Waals surface area contributed by atoms with Crippen molar-refractivity contribution in [3.05, 3.63) is 61.2 Å². The number of hydrogen-bond donors (Lipinski definition) is 0. The number of rotatable bonds is 6. The molecule has 0 fully saturated rings. The van der Waals surface area contributed by atoms with Crippen LogP contribution in [0.5, 0.6) is 11.8 Å². The first kappa shape index (κ1) is 21.5. The third-order valence-corrected chi connectivity index (χ3v) is 4.51. The van der Waals surface area contributed by atoms with Crippen molar-refractivity contribution in [2.45, 2.75) is 19.3 Å². The second-order valence-electron chi connectivity index (χ2n) is 6.62. The smallest absolute Gasteiger partial charge is 0.531 e. The van der Waals surface area contributed by atoms with E-state index < -0.39 is 5.41 Å². The van der Waals surface area contributed by atoms with Crippen LogP contribution in [-0.2, 0) is 25.8 Å². The van der Waals surface area contributed by atoms with Crippen molar-refractivity contribution >= 4 is 0 Å². The molecule has 0 bridgehead atoms. The van der Waals surface area contributed by atoms with Crippen LogP contribution in [0, 0.1) is 12.7 Å². The zero-order chi connectivity index (χ0) is 20.4. The molecule has 0 saturated heterocycles. The van der Waals surface area contributed by atoms with Crippen LogP contribution in [0.15, 0.2) is 37.2 Å². The molecule has 0 unspecified atom stereocenters. The Hall–Kier alpha value is -3.16. The van der Waals surface area contributed by atoms with Gasteiger partial charge in [0.05, 0.1) is 54.4 Å². The van der Waals surface area contributed by atoms with Gasteiger partial charge in [-0.3, -0.25) is 19.9 Å². The van der Waals surface area contributed by atoms with E-state index >= 15 is 0 Å². The quantitative estimate of drug-likeness (QED) is 0.293. The van der Waals surface area contributed by atoms with E-state index in [0.29, 0.717) is 34.8 Å². The predicted molar refractivity (Wildman–Crippen MR) is 101 cm³/mol. The molecular weight excluding hydrogens is 479 g/mol. The first-order valence-electron chi connectivity index (χ1n) is 8.69. The molecule has 156 valence electrons. The molecule has 0 atom stereocenters. The Morgan fingerprint density at radius 3 is 1.57 bits per heavy atom. The number of hydrogen-bond acceptors (Lipinski definition) is 8. The molecule has 0 amide bonds. The number of ether oxygens (including phenoxy) is 2. The maximum absolute atomic E-state index is 5.28. The molecule has 4 aromatic heterocycles. The normalized spacial score (nSPS) is 11.1. The van der Waals surface area contributed by atoms with Crippen LogP contribution < -0.4 is 9.47 Å². The average Bonchev–Trinajstić information content (AvgIpc) is 3.43. The fraction of sp³-hybridized carbons (Fsp3) is 0.263. The van der Waals surface area contributed by atoms with E-state index in [2.05, 4.69) is 32.6 Å². The molecule has 0 aliphatic rings. The number of aromatic nitrogens is 8. The third kappa shape index (κ3) is 3.81. The summed E-state index contributed by atoms with van der Waals surface area (Å²) >= 11 is 0. The third-order valence-electron chi connectivity index (χ3n) is 4.51. The van der Waals surface area contributed by atoms with Crippen LogP contribution in [0.2, 0.25) is 0 Å². The molecule has 4 rings (SSSR count). The van der Waals surface area contributed by atoms with Gasteiger partial charge in [0, 0.05) is 37.4 Å². The van der Waals surface area contributed by atoms with Gasteiger partial charge in [-0.15, -0.1) is 0 Å². The monoisotopic (exact) mass is 496 g/mol. The number of imidazole rings is 2. The standard InChI is InChI=1S/C19H18N8O2.Pd/c1-19(2,13-5-20-7-15(24-13)26-11-22-9-17(26)28-3)14-6-21-8-16(25-14)27-12-23-10-18(27)29-4;/h5-10H,1-4H3;/q-2;+2. The van der Waals surface area contributed by atoms with Crippen molar-refractivity contribution in [3.8, 4) is 23.4 Å². The van der Waals surface area contributed by atoms with Crippen LogP contribution in [0.3, 0.4) is 0 Å². The molecule has 0 N–H and O–H groups in total. The van der Waals surface area contributed by atoms with Gasteiger partial charge in [0.1, 0.15) is 0 Å². The van der Waals surface area contributed by atoms with Crippen molar-refractivity contribution in [3.63, 3.8) is 0 Å². The molecule has 0 saturated carbocycles. The Labute approximate surface area is 187 Å². The minimum absolute atomic E-state index is 0. The Balaban J connectivity index is 0.00000256. The number of nitrogens with zero attached hydrogens (tertiary/aromatic N) is 8. The van der Waals surface area contributed by atoms with Gasteiger partial charge < -0.3 is 28.6 Å². The summed E-state index contributed by atoms with van der Waals surface area (Å²) in [5.74, 6) is 2.11. The van der Waals surface area contributed by atoms with Crippen LogP contribution >= 0.6 is 0 Å². The molecule has 11 heteroatoms. The second kappa shape index (κ2) is 8.69. The summed E-state index contributed by atoms with van der Waals surface area (Å²) in [5, 5.41) is 0. The molecule has 4 aromatic rings. The Kier molecular flexibility index (Phi) is 6.24. The van der Waals surface area contributed by atoms with Crippen molar-refractivity contribution < 1.29 is 29.9 Å². The van der Waals surface area contributed by atoms with Gasteiger partial charge in [-0.2, -0.15) is 0 Å². The average molecular weight is 497 g/mol. The second-order valence-corrected chi connectivity index (χ2v) is 6.62. The molecular formula is C19H18N8O2Pd. The van der Waals surface area contributed by atoms with E-state index in [0.717, 1.165) is 0 Å². The Bertz CT molecular complexity index is 1050. The fourth-order valence-corrected chi connectivity index (χ4v) is 2.77. The molecule has 0 aliphatic heterocycles. The van der Waals surface area contributed by atoms with Gasteiger partial charge in [0.25, 0.3) is 0 Å². The van der Waals surface area contributed by atoms with Gasteiger partial charge in [0.15, 0.2) is 0 Å². The van der Waals surface area contributed by atoms with Crippen LogP contribution in [0.4, 0.5) is 0 Å². The zero-order valence-corrected chi connectivity index (χ0v) is 18.2. The molecule has 10 nitrogen and oxygen atoms in total. The Morgan fingerprint density at radius 1 is 0.733 bits per heavy atom. The van der Waals surface area contributed by atoms with Crippen LogP contribution in [0.25, 0.3) is 11.6 Å². The van der Waals surface area contributed by atoms with Gasteiger partial charge in [-0.05, 0) is 26.2 Å². The van der Waals surface area contributed by atoms with E-state index in [1.54, 1.807) is 60.5 Å². The maximum Gasteiger partial charge on any atom is 2.00 e. The minimum Gasteiger partial charge on any atom is -0.531 e. The van der Waals surface area contributed by atoms with Gasteiger partial charge >= 0.3 is 20.4 Å². The molecule has 0 aliphatic carbocycles. The summed E-state index contributed by atoms with van der Waals surface area (Å²) in [4.78, 5) is 26.1. The fourth-order valence-electron chi connectivity index (χ4n) is 2.77. The van der Waals surface area contributed by atoms with E-state index in [9.17, 15) is 0 Å². The topological polar surface area (TPSA) is 106 Å². The van der Waals surface area contributed by atoms with E-state index in [1.807, 2.05) is 13.8 Å². The van der Waals surface area contributed by atoms with E-state index in [-0.39, 0.29) is 20.4 Å². The van der Waals surface area contributed by atoms with Crippen LogP contribution in [-0.4, -0.2) is 53.3 Å². The maximum atomic E-state index is 5.28. The molecule has 0 radical (unpaired) electrons. The Morgan fingerprint density at radius 2 is 1.17 bits per heavy atom. The molecule has 0 spiro atoms. The minimum atomic E-state index is -0.590. The summed E-state index contributed by atoms with van der Waals surface area (Å²) in [6.07, 6.45) is 15.4. The van der Waals surface area contributed by atoms with Gasteiger partial charge in [-0.25, -0.2) is 0 Å². The van der Waals surface area contributed by atoms with Crippen molar-refractivity contribution in [2.24, 2.45) is 0 Å². The zero-order valence-electron chi connectivity index (χ0n) is 16.7. The summed E-state index contributed by atoms with van der Waals surface area (Å²) in [6, 6.07) is 0. The summed E-state index contributed by atoms with van der Waals surface area (Å²) in [7, 11) is 3.12. The van der Waals surface area contributed by atoms with Crippen molar-refractivity contribution in [1.82, 2.24) is 39.0 Å². The van der Waals surface area contributed by atoms with E-state index in [4.69, 9.17) is 19.4 Å². The van der Waals surface area contributed by atoms with E-state index in [1.165, 1.54) is 0 Å². The van der Waals surface area contributed by atoms with Crippen LogP contribution in [0.1, 0.15) is 25.2 Å². The van der Waals surface area contributed by atoms with Crippen molar-refractivity contribution in [2.75, 3.05) is 14.2 Å². The predicted octanol–water partition coefficient (Wildman–Crippen LogP) is 1.58. The SMILES string of the molecule is COc1cn[c-]n1-c1cncc(C(C)(C)c2cncc(-n3[c-]ncc3OC)n2)n1.[Pd+2]. The summed E-state index contributed by atoms with van der Waals surface area (Å²) in [5.41, 5.74) is 0.813. The largest absolute Gasteiger partial charge is 2.00 e. The molecule has 30 heavy (non-hydrogen) atoms. The first-order valence-corrected chi connectivity index (χ1v) is 8.69. The number of methoxy groups -OCH3 is 2. The molecule has 4 heterocycles. The summed E-state index contributed by atoms with van der Waals surface area (Å²) in [6.45, 7) is 4.00. The van der Waals surface area contributed by atoms with Gasteiger partial charge in [-0.1, -0.05) is 0 Å². The molecule has 0 aromatic carbocycles. The van der Waals surface area contributed by atoms with Crippen molar-refractivity contribution in [1.29, 1.82) is 0 Å². The summed E-state index contributed by atoms with van der Waals surface area (Å²) < 4.78 is 13.8.